The minimum atomic E-state index is -1.59. The zero-order valence-corrected chi connectivity index (χ0v) is 10.0. The van der Waals surface area contributed by atoms with Crippen LogP contribution in [0.25, 0.3) is 6.08 Å². The molecule has 0 saturated carbocycles. The molecule has 0 heterocycles. The van der Waals surface area contributed by atoms with Crippen LogP contribution >= 0.6 is 0 Å². The standard InChI is InChI=1S/C11H16O2Si/c1-10(14(12-2)13-3)9-11-7-5-4-6-8-11/h4-9,14H,1-3H3. The summed E-state index contributed by atoms with van der Waals surface area (Å²) in [5.74, 6) is 0. The Kier molecular flexibility index (Phi) is 4.59. The smallest absolute Gasteiger partial charge is 0.350 e. The van der Waals surface area contributed by atoms with Crippen LogP contribution in [-0.2, 0) is 8.85 Å². The molecule has 0 radical (unpaired) electrons. The first-order valence-electron chi connectivity index (χ1n) is 4.56. The van der Waals surface area contributed by atoms with Gasteiger partial charge in [0.15, 0.2) is 0 Å². The van der Waals surface area contributed by atoms with Gasteiger partial charge in [0.2, 0.25) is 0 Å². The Morgan fingerprint density at radius 3 is 2.21 bits per heavy atom. The van der Waals surface area contributed by atoms with E-state index in [9.17, 15) is 0 Å². The molecule has 0 bridgehead atoms. The minimum Gasteiger partial charge on any atom is -0.397 e. The maximum Gasteiger partial charge on any atom is 0.350 e. The van der Waals surface area contributed by atoms with Crippen LogP contribution in [0, 0.1) is 0 Å². The molecule has 0 atom stereocenters. The van der Waals surface area contributed by atoms with E-state index in [1.807, 2.05) is 18.2 Å². The molecule has 2 nitrogen and oxygen atoms in total. The largest absolute Gasteiger partial charge is 0.397 e. The molecule has 1 aromatic carbocycles. The van der Waals surface area contributed by atoms with Crippen molar-refractivity contribution in [2.24, 2.45) is 0 Å². The molecule has 0 aliphatic rings. The topological polar surface area (TPSA) is 18.5 Å². The van der Waals surface area contributed by atoms with Crippen LogP contribution in [0.4, 0.5) is 0 Å². The maximum atomic E-state index is 5.28. The highest BCUT2D eigenvalue weighted by molar-refractivity contribution is 6.54. The van der Waals surface area contributed by atoms with E-state index in [1.165, 1.54) is 10.8 Å². The lowest BCUT2D eigenvalue weighted by Crippen LogP contribution is -2.20. The van der Waals surface area contributed by atoms with Gasteiger partial charge >= 0.3 is 9.28 Å². The molecule has 0 aromatic heterocycles. The third-order valence-electron chi connectivity index (χ3n) is 1.99. The first-order chi connectivity index (χ1) is 6.77. The second-order valence-corrected chi connectivity index (χ2v) is 5.62. The van der Waals surface area contributed by atoms with E-state index >= 15 is 0 Å². The summed E-state index contributed by atoms with van der Waals surface area (Å²) in [6.45, 7) is 2.05. The molecule has 0 fully saturated rings. The summed E-state index contributed by atoms with van der Waals surface area (Å²) in [6.07, 6.45) is 2.11. The molecule has 0 spiro atoms. The van der Waals surface area contributed by atoms with Crippen molar-refractivity contribution in [3.63, 3.8) is 0 Å². The fraction of sp³-hybridized carbons (Fsp3) is 0.273. The summed E-state index contributed by atoms with van der Waals surface area (Å²) in [6, 6.07) is 10.2. The number of hydrogen-bond acceptors (Lipinski definition) is 2. The van der Waals surface area contributed by atoms with Gasteiger partial charge < -0.3 is 8.85 Å². The number of rotatable bonds is 4. The number of hydrogen-bond donors (Lipinski definition) is 0. The van der Waals surface area contributed by atoms with Gasteiger partial charge in [0.05, 0.1) is 0 Å². The summed E-state index contributed by atoms with van der Waals surface area (Å²) < 4.78 is 10.6. The van der Waals surface area contributed by atoms with Crippen LogP contribution in [0.3, 0.4) is 0 Å². The predicted octanol–water partition coefficient (Wildman–Crippen LogP) is 2.14. The SMILES string of the molecule is CO[SiH](OC)C(C)=Cc1ccccc1. The van der Waals surface area contributed by atoms with Crippen LogP contribution in [-0.4, -0.2) is 23.5 Å². The molecular weight excluding hydrogens is 192 g/mol. The third-order valence-corrected chi connectivity index (χ3v) is 3.76. The molecule has 0 aliphatic carbocycles. The zero-order valence-electron chi connectivity index (χ0n) is 8.86. The Morgan fingerprint density at radius 1 is 1.14 bits per heavy atom. The Hall–Kier alpha value is -0.903. The van der Waals surface area contributed by atoms with E-state index in [0.717, 1.165) is 0 Å². The fourth-order valence-corrected chi connectivity index (χ4v) is 2.61. The van der Waals surface area contributed by atoms with Crippen molar-refractivity contribution in [3.8, 4) is 0 Å². The quantitative estimate of drug-likeness (QED) is 0.706. The van der Waals surface area contributed by atoms with Crippen LogP contribution in [0.1, 0.15) is 12.5 Å². The summed E-state index contributed by atoms with van der Waals surface area (Å²) in [5, 5.41) is 1.20. The second-order valence-electron chi connectivity index (χ2n) is 3.10. The van der Waals surface area contributed by atoms with Crippen LogP contribution < -0.4 is 0 Å². The molecule has 0 saturated heterocycles. The van der Waals surface area contributed by atoms with Gasteiger partial charge in [-0.05, 0) is 17.7 Å². The monoisotopic (exact) mass is 208 g/mol. The molecule has 0 amide bonds. The van der Waals surface area contributed by atoms with E-state index in [1.54, 1.807) is 14.2 Å². The van der Waals surface area contributed by atoms with Gasteiger partial charge in [0, 0.05) is 14.2 Å². The van der Waals surface area contributed by atoms with Crippen LogP contribution in [0.2, 0.25) is 0 Å². The molecule has 0 N–H and O–H groups in total. The van der Waals surface area contributed by atoms with Crippen molar-refractivity contribution >= 4 is 15.4 Å². The van der Waals surface area contributed by atoms with E-state index in [2.05, 4.69) is 25.1 Å². The lowest BCUT2D eigenvalue weighted by molar-refractivity contribution is 0.287. The zero-order chi connectivity index (χ0) is 10.4. The van der Waals surface area contributed by atoms with Crippen molar-refractivity contribution in [2.75, 3.05) is 14.2 Å². The van der Waals surface area contributed by atoms with Gasteiger partial charge in [-0.1, -0.05) is 36.4 Å². The Labute approximate surface area is 87.0 Å². The molecule has 76 valence electrons. The minimum absolute atomic E-state index is 1.19. The summed E-state index contributed by atoms with van der Waals surface area (Å²) in [5.41, 5.74) is 1.19. The lowest BCUT2D eigenvalue weighted by atomic mass is 10.2. The van der Waals surface area contributed by atoms with Crippen LogP contribution in [0.5, 0.6) is 0 Å². The summed E-state index contributed by atoms with van der Waals surface area (Å²) in [7, 11) is 1.80. The lowest BCUT2D eigenvalue weighted by Gasteiger charge is -2.11. The van der Waals surface area contributed by atoms with Crippen molar-refractivity contribution in [1.82, 2.24) is 0 Å². The highest BCUT2D eigenvalue weighted by Crippen LogP contribution is 2.09. The van der Waals surface area contributed by atoms with E-state index in [-0.39, 0.29) is 0 Å². The maximum absolute atomic E-state index is 5.28. The van der Waals surface area contributed by atoms with Crippen molar-refractivity contribution in [1.29, 1.82) is 0 Å². The normalized spacial score (nSPS) is 12.1. The average Bonchev–Trinajstić information content (AvgIpc) is 2.21. The molecule has 0 unspecified atom stereocenters. The van der Waals surface area contributed by atoms with E-state index < -0.39 is 9.28 Å². The Morgan fingerprint density at radius 2 is 1.71 bits per heavy atom. The predicted molar refractivity (Wildman–Crippen MR) is 61.3 cm³/mol. The highest BCUT2D eigenvalue weighted by atomic mass is 28.3. The van der Waals surface area contributed by atoms with Gasteiger partial charge in [-0.25, -0.2) is 0 Å². The number of allylic oxidation sites excluding steroid dienone is 1. The molecule has 1 aromatic rings. The summed E-state index contributed by atoms with van der Waals surface area (Å²) >= 11 is 0. The third kappa shape index (κ3) is 3.10. The fourth-order valence-electron chi connectivity index (χ4n) is 1.35. The Balaban J connectivity index is 2.77. The van der Waals surface area contributed by atoms with Crippen molar-refractivity contribution in [2.45, 2.75) is 6.92 Å². The van der Waals surface area contributed by atoms with Crippen molar-refractivity contribution < 1.29 is 8.85 Å². The van der Waals surface area contributed by atoms with Gasteiger partial charge in [-0.15, -0.1) is 0 Å². The second kappa shape index (κ2) is 5.75. The van der Waals surface area contributed by atoms with Gasteiger partial charge in [-0.2, -0.15) is 0 Å². The Bertz CT molecular complexity index is 291. The van der Waals surface area contributed by atoms with Gasteiger partial charge in [0.1, 0.15) is 0 Å². The molecular formula is C11H16O2Si. The first-order valence-corrected chi connectivity index (χ1v) is 6.08. The van der Waals surface area contributed by atoms with Gasteiger partial charge in [0.25, 0.3) is 0 Å². The van der Waals surface area contributed by atoms with Crippen LogP contribution in [0.15, 0.2) is 35.5 Å². The highest BCUT2D eigenvalue weighted by Gasteiger charge is 2.11. The summed E-state index contributed by atoms with van der Waals surface area (Å²) in [4.78, 5) is 0. The first kappa shape index (κ1) is 11.2. The van der Waals surface area contributed by atoms with Gasteiger partial charge in [-0.3, -0.25) is 0 Å². The molecule has 3 heteroatoms. The average molecular weight is 208 g/mol. The van der Waals surface area contributed by atoms with E-state index in [0.29, 0.717) is 0 Å². The molecule has 1 rings (SSSR count). The van der Waals surface area contributed by atoms with E-state index in [4.69, 9.17) is 8.85 Å². The van der Waals surface area contributed by atoms with Crippen molar-refractivity contribution in [3.05, 3.63) is 41.1 Å². The molecule has 0 aliphatic heterocycles. The molecule has 14 heavy (non-hydrogen) atoms. The number of benzene rings is 1.